The molecule has 0 bridgehead atoms. The van der Waals surface area contributed by atoms with E-state index in [9.17, 15) is 4.21 Å². The van der Waals surface area contributed by atoms with Crippen LogP contribution in [0, 0.1) is 0 Å². The number of rotatable bonds is 8. The summed E-state index contributed by atoms with van der Waals surface area (Å²) in [6, 6.07) is 7.79. The zero-order chi connectivity index (χ0) is 14.3. The molecule has 1 rings (SSSR count). The van der Waals surface area contributed by atoms with E-state index in [1.807, 2.05) is 24.3 Å². The van der Waals surface area contributed by atoms with E-state index in [0.717, 1.165) is 30.0 Å². The molecule has 1 N–H and O–H groups in total. The van der Waals surface area contributed by atoms with Crippen LogP contribution in [0.5, 0.6) is 5.75 Å². The van der Waals surface area contributed by atoms with Gasteiger partial charge in [-0.25, -0.2) is 0 Å². The molecule has 1 aromatic carbocycles. The topological polar surface area (TPSA) is 38.3 Å². The molecule has 1 aromatic rings. The van der Waals surface area contributed by atoms with Crippen molar-refractivity contribution in [2.75, 3.05) is 13.7 Å². The molecule has 0 aliphatic rings. The molecule has 0 saturated carbocycles. The van der Waals surface area contributed by atoms with Crippen LogP contribution in [0.25, 0.3) is 0 Å². The Morgan fingerprint density at radius 1 is 1.26 bits per heavy atom. The zero-order valence-electron chi connectivity index (χ0n) is 12.3. The molecule has 3 nitrogen and oxygen atoms in total. The fourth-order valence-corrected chi connectivity index (χ4v) is 3.47. The van der Waals surface area contributed by atoms with Gasteiger partial charge >= 0.3 is 0 Å². The van der Waals surface area contributed by atoms with Crippen LogP contribution in [0.1, 0.15) is 33.6 Å². The molecule has 0 aliphatic heterocycles. The molecule has 0 aromatic heterocycles. The molecule has 0 radical (unpaired) electrons. The maximum Gasteiger partial charge on any atom is 0.118 e. The Kier molecular flexibility index (Phi) is 7.10. The lowest BCUT2D eigenvalue weighted by Crippen LogP contribution is -2.40. The van der Waals surface area contributed by atoms with E-state index >= 15 is 0 Å². The first-order valence-electron chi connectivity index (χ1n) is 6.92. The third-order valence-electron chi connectivity index (χ3n) is 3.29. The van der Waals surface area contributed by atoms with Gasteiger partial charge in [0.05, 0.1) is 23.2 Å². The largest absolute Gasteiger partial charge is 0.497 e. The molecule has 0 amide bonds. The van der Waals surface area contributed by atoms with Crippen molar-refractivity contribution in [2.24, 2.45) is 0 Å². The Morgan fingerprint density at radius 2 is 1.89 bits per heavy atom. The van der Waals surface area contributed by atoms with E-state index in [1.54, 1.807) is 7.11 Å². The summed E-state index contributed by atoms with van der Waals surface area (Å²) in [6.45, 7) is 7.31. The average molecular weight is 283 g/mol. The monoisotopic (exact) mass is 283 g/mol. The van der Waals surface area contributed by atoms with Crippen LogP contribution in [0.4, 0.5) is 0 Å². The average Bonchev–Trinajstić information content (AvgIpc) is 2.47. The Morgan fingerprint density at radius 3 is 2.37 bits per heavy atom. The lowest BCUT2D eigenvalue weighted by Gasteiger charge is -2.23. The van der Waals surface area contributed by atoms with Crippen molar-refractivity contribution in [3.63, 3.8) is 0 Å². The predicted octanol–water partition coefficient (Wildman–Crippen LogP) is 2.97. The molecule has 3 atom stereocenters. The lowest BCUT2D eigenvalue weighted by molar-refractivity contribution is 0.414. The number of benzene rings is 1. The molecular formula is C15H25NO2S. The van der Waals surface area contributed by atoms with Crippen molar-refractivity contribution in [3.05, 3.63) is 24.3 Å². The van der Waals surface area contributed by atoms with Crippen molar-refractivity contribution >= 4 is 10.8 Å². The number of methoxy groups -OCH3 is 1. The summed E-state index contributed by atoms with van der Waals surface area (Å²) in [7, 11) is 0.645. The molecule has 108 valence electrons. The first-order valence-corrected chi connectivity index (χ1v) is 8.13. The van der Waals surface area contributed by atoms with E-state index in [-0.39, 0.29) is 5.25 Å². The van der Waals surface area contributed by atoms with Crippen molar-refractivity contribution in [1.82, 2.24) is 5.32 Å². The highest BCUT2D eigenvalue weighted by Crippen LogP contribution is 2.19. The number of hydrogen-bond acceptors (Lipinski definition) is 3. The molecule has 0 heterocycles. The Labute approximate surface area is 119 Å². The van der Waals surface area contributed by atoms with E-state index in [1.165, 1.54) is 0 Å². The highest BCUT2D eigenvalue weighted by Gasteiger charge is 2.21. The summed E-state index contributed by atoms with van der Waals surface area (Å²) >= 11 is 0. The van der Waals surface area contributed by atoms with Crippen molar-refractivity contribution in [2.45, 2.75) is 49.8 Å². The van der Waals surface area contributed by atoms with E-state index in [4.69, 9.17) is 4.74 Å². The van der Waals surface area contributed by atoms with Gasteiger partial charge in [0.25, 0.3) is 0 Å². The quantitative estimate of drug-likeness (QED) is 0.797. The number of ether oxygens (including phenoxy) is 1. The Bertz CT molecular complexity index is 392. The van der Waals surface area contributed by atoms with Gasteiger partial charge in [-0.2, -0.15) is 0 Å². The standard InChI is InChI=1S/C15H25NO2S/c1-5-11-16-15(6-2)12(3)19(17)14-9-7-13(18-4)8-10-14/h7-10,12,15-16H,5-6,11H2,1-4H3. The van der Waals surface area contributed by atoms with Gasteiger partial charge in [-0.1, -0.05) is 13.8 Å². The predicted molar refractivity (Wildman–Crippen MR) is 81.2 cm³/mol. The normalized spacial score (nSPS) is 15.8. The molecule has 3 unspecified atom stereocenters. The van der Waals surface area contributed by atoms with Crippen LogP contribution < -0.4 is 10.1 Å². The fourth-order valence-electron chi connectivity index (χ4n) is 2.05. The smallest absolute Gasteiger partial charge is 0.118 e. The van der Waals surface area contributed by atoms with Gasteiger partial charge in [-0.15, -0.1) is 0 Å². The van der Waals surface area contributed by atoms with E-state index < -0.39 is 10.8 Å². The van der Waals surface area contributed by atoms with Gasteiger partial charge in [0.1, 0.15) is 5.75 Å². The second kappa shape index (κ2) is 8.33. The molecule has 0 spiro atoms. The number of nitrogens with one attached hydrogen (secondary N) is 1. The highest BCUT2D eigenvalue weighted by atomic mass is 32.2. The summed E-state index contributed by atoms with van der Waals surface area (Å²) in [4.78, 5) is 0.866. The van der Waals surface area contributed by atoms with Gasteiger partial charge in [0.2, 0.25) is 0 Å². The molecule has 0 saturated heterocycles. The summed E-state index contributed by atoms with van der Waals surface area (Å²) in [6.07, 6.45) is 2.08. The minimum atomic E-state index is -0.990. The first-order chi connectivity index (χ1) is 9.13. The molecular weight excluding hydrogens is 258 g/mol. The first kappa shape index (κ1) is 16.2. The third-order valence-corrected chi connectivity index (χ3v) is 5.03. The maximum absolute atomic E-state index is 12.5. The second-order valence-corrected chi connectivity index (χ2v) is 6.46. The van der Waals surface area contributed by atoms with Crippen LogP contribution >= 0.6 is 0 Å². The van der Waals surface area contributed by atoms with Gasteiger partial charge < -0.3 is 10.1 Å². The van der Waals surface area contributed by atoms with Gasteiger partial charge in [-0.05, 0) is 50.6 Å². The molecule has 4 heteroatoms. The fraction of sp³-hybridized carbons (Fsp3) is 0.600. The number of hydrogen-bond donors (Lipinski definition) is 1. The van der Waals surface area contributed by atoms with Crippen LogP contribution in [0.15, 0.2) is 29.2 Å². The van der Waals surface area contributed by atoms with Crippen LogP contribution in [-0.2, 0) is 10.8 Å². The molecule has 19 heavy (non-hydrogen) atoms. The second-order valence-electron chi connectivity index (χ2n) is 4.65. The summed E-state index contributed by atoms with van der Waals surface area (Å²) in [5, 5.41) is 3.58. The minimum Gasteiger partial charge on any atom is -0.497 e. The zero-order valence-corrected chi connectivity index (χ0v) is 13.1. The maximum atomic E-state index is 12.5. The van der Waals surface area contributed by atoms with Crippen LogP contribution in [0.3, 0.4) is 0 Å². The van der Waals surface area contributed by atoms with E-state index in [0.29, 0.717) is 6.04 Å². The summed E-state index contributed by atoms with van der Waals surface area (Å²) in [5.74, 6) is 0.796. The highest BCUT2D eigenvalue weighted by molar-refractivity contribution is 7.85. The van der Waals surface area contributed by atoms with Gasteiger partial charge in [0.15, 0.2) is 0 Å². The van der Waals surface area contributed by atoms with Gasteiger partial charge in [-0.3, -0.25) is 4.21 Å². The van der Waals surface area contributed by atoms with Crippen molar-refractivity contribution < 1.29 is 8.95 Å². The van der Waals surface area contributed by atoms with Crippen molar-refractivity contribution in [1.29, 1.82) is 0 Å². The molecule has 0 fully saturated rings. The Hall–Kier alpha value is -0.870. The minimum absolute atomic E-state index is 0.102. The lowest BCUT2D eigenvalue weighted by atomic mass is 10.1. The summed E-state index contributed by atoms with van der Waals surface area (Å²) in [5.41, 5.74) is 0. The molecule has 0 aliphatic carbocycles. The third kappa shape index (κ3) is 4.62. The van der Waals surface area contributed by atoms with E-state index in [2.05, 4.69) is 26.1 Å². The summed E-state index contributed by atoms with van der Waals surface area (Å²) < 4.78 is 17.7. The van der Waals surface area contributed by atoms with Gasteiger partial charge in [0, 0.05) is 10.9 Å². The SMILES string of the molecule is CCCNC(CC)C(C)S(=O)c1ccc(OC)cc1. The van der Waals surface area contributed by atoms with Crippen LogP contribution in [0.2, 0.25) is 0 Å². The van der Waals surface area contributed by atoms with Crippen LogP contribution in [-0.4, -0.2) is 29.2 Å². The Balaban J connectivity index is 2.73. The van der Waals surface area contributed by atoms with Crippen molar-refractivity contribution in [3.8, 4) is 5.75 Å².